The van der Waals surface area contributed by atoms with Crippen molar-refractivity contribution in [3.05, 3.63) is 53.1 Å². The van der Waals surface area contributed by atoms with Crippen LogP contribution in [-0.2, 0) is 14.8 Å². The highest BCUT2D eigenvalue weighted by atomic mass is 32.2. The minimum absolute atomic E-state index is 0.170. The molecule has 0 bridgehead atoms. The number of sulfonamides is 1. The minimum atomic E-state index is -3.89. The summed E-state index contributed by atoms with van der Waals surface area (Å²) in [4.78, 5) is 12.6. The second-order valence-corrected chi connectivity index (χ2v) is 7.96. The molecule has 152 valence electrons. The molecule has 0 aliphatic carbocycles. The van der Waals surface area contributed by atoms with Crippen LogP contribution in [0.2, 0.25) is 0 Å². The zero-order valence-corrected chi connectivity index (χ0v) is 17.4. The molecule has 0 saturated heterocycles. The van der Waals surface area contributed by atoms with Crippen molar-refractivity contribution in [2.24, 2.45) is 0 Å². The van der Waals surface area contributed by atoms with Crippen LogP contribution in [0.3, 0.4) is 0 Å². The van der Waals surface area contributed by atoms with Crippen LogP contribution >= 0.6 is 0 Å². The van der Waals surface area contributed by atoms with E-state index in [1.54, 1.807) is 57.4 Å². The number of amides is 1. The lowest BCUT2D eigenvalue weighted by atomic mass is 10.1. The van der Waals surface area contributed by atoms with Crippen molar-refractivity contribution in [2.45, 2.75) is 25.2 Å². The molecular weight excluding hydrogens is 380 g/mol. The normalized spacial score (nSPS) is 11.1. The minimum Gasteiger partial charge on any atom is -0.497 e. The number of ether oxygens (including phenoxy) is 2. The molecule has 0 aliphatic rings. The van der Waals surface area contributed by atoms with E-state index >= 15 is 0 Å². The van der Waals surface area contributed by atoms with Crippen LogP contribution in [0, 0.1) is 13.8 Å². The van der Waals surface area contributed by atoms with Gasteiger partial charge in [0, 0.05) is 20.3 Å². The fourth-order valence-corrected chi connectivity index (χ4v) is 4.47. The predicted molar refractivity (Wildman–Crippen MR) is 109 cm³/mol. The van der Waals surface area contributed by atoms with Gasteiger partial charge in [-0.15, -0.1) is 0 Å². The van der Waals surface area contributed by atoms with Gasteiger partial charge in [-0.2, -0.15) is 0 Å². The van der Waals surface area contributed by atoms with Crippen LogP contribution in [-0.4, -0.2) is 41.7 Å². The molecule has 2 aromatic rings. The number of carbonyl (C=O) groups excluding carboxylic acids is 1. The molecule has 0 spiro atoms. The summed E-state index contributed by atoms with van der Waals surface area (Å²) in [6.07, 6.45) is 0.667. The average Bonchev–Trinajstić information content (AvgIpc) is 2.64. The van der Waals surface area contributed by atoms with Gasteiger partial charge in [0.25, 0.3) is 15.9 Å². The van der Waals surface area contributed by atoms with Gasteiger partial charge in [-0.3, -0.25) is 9.52 Å². The maximum absolute atomic E-state index is 13.0. The summed E-state index contributed by atoms with van der Waals surface area (Å²) in [5, 5.41) is 2.77. The number of hydrogen-bond acceptors (Lipinski definition) is 5. The summed E-state index contributed by atoms with van der Waals surface area (Å²) in [5.41, 5.74) is 1.60. The van der Waals surface area contributed by atoms with Crippen molar-refractivity contribution in [3.63, 3.8) is 0 Å². The molecule has 0 radical (unpaired) electrons. The number of anilines is 1. The molecule has 2 aromatic carbocycles. The lowest BCUT2D eigenvalue weighted by molar-refractivity contribution is 0.0949. The van der Waals surface area contributed by atoms with Crippen LogP contribution in [0.25, 0.3) is 0 Å². The third-order valence-corrected chi connectivity index (χ3v) is 5.84. The summed E-state index contributed by atoms with van der Waals surface area (Å²) < 4.78 is 38.7. The number of carbonyl (C=O) groups is 1. The van der Waals surface area contributed by atoms with Crippen LogP contribution in [0.1, 0.15) is 27.9 Å². The van der Waals surface area contributed by atoms with Crippen molar-refractivity contribution in [1.29, 1.82) is 0 Å². The van der Waals surface area contributed by atoms with Gasteiger partial charge in [0.05, 0.1) is 23.3 Å². The summed E-state index contributed by atoms with van der Waals surface area (Å²) in [6.45, 7) is 4.38. The quantitative estimate of drug-likeness (QED) is 0.625. The van der Waals surface area contributed by atoms with Crippen molar-refractivity contribution < 1.29 is 22.7 Å². The molecule has 2 N–H and O–H groups in total. The third kappa shape index (κ3) is 5.24. The van der Waals surface area contributed by atoms with Crippen LogP contribution in [0.4, 0.5) is 5.69 Å². The van der Waals surface area contributed by atoms with Crippen molar-refractivity contribution >= 4 is 21.6 Å². The summed E-state index contributed by atoms with van der Waals surface area (Å²) in [6, 6.07) is 9.83. The van der Waals surface area contributed by atoms with Crippen LogP contribution < -0.4 is 14.8 Å². The van der Waals surface area contributed by atoms with Gasteiger partial charge >= 0.3 is 0 Å². The largest absolute Gasteiger partial charge is 0.497 e. The molecule has 7 nitrogen and oxygen atoms in total. The Balaban J connectivity index is 2.29. The SMILES string of the molecule is COCCCNC(=O)c1ccccc1NS(=O)(=O)c1c(C)cc(OC)cc1C. The molecule has 0 atom stereocenters. The van der Waals surface area contributed by atoms with Crippen molar-refractivity contribution in [3.8, 4) is 5.75 Å². The van der Waals surface area contributed by atoms with Gasteiger partial charge in [0.15, 0.2) is 0 Å². The van der Waals surface area contributed by atoms with Gasteiger partial charge < -0.3 is 14.8 Å². The molecule has 0 heterocycles. The molecule has 0 aromatic heterocycles. The number of hydrogen-bond donors (Lipinski definition) is 2. The molecule has 0 aliphatic heterocycles. The van der Waals surface area contributed by atoms with E-state index in [4.69, 9.17) is 9.47 Å². The Labute approximate surface area is 166 Å². The number of aryl methyl sites for hydroxylation is 2. The Bertz CT molecular complexity index is 918. The van der Waals surface area contributed by atoms with Gasteiger partial charge in [-0.25, -0.2) is 8.42 Å². The fourth-order valence-electron chi connectivity index (χ4n) is 2.93. The molecule has 0 fully saturated rings. The van der Waals surface area contributed by atoms with Crippen molar-refractivity contribution in [1.82, 2.24) is 5.32 Å². The molecule has 8 heteroatoms. The van der Waals surface area contributed by atoms with E-state index in [1.165, 1.54) is 7.11 Å². The number of para-hydroxylation sites is 1. The summed E-state index contributed by atoms with van der Waals surface area (Å²) >= 11 is 0. The standard InChI is InChI=1S/C20H26N2O5S/c1-14-12-16(27-4)13-15(2)19(14)28(24,25)22-18-9-6-5-8-17(18)20(23)21-10-7-11-26-3/h5-6,8-9,12-13,22H,7,10-11H2,1-4H3,(H,21,23). The first-order chi connectivity index (χ1) is 13.3. The first kappa shape index (κ1) is 21.7. The zero-order valence-electron chi connectivity index (χ0n) is 16.5. The highest BCUT2D eigenvalue weighted by Crippen LogP contribution is 2.28. The predicted octanol–water partition coefficient (Wildman–Crippen LogP) is 2.88. The molecule has 0 saturated carbocycles. The van der Waals surface area contributed by atoms with Gasteiger partial charge in [-0.05, 0) is 55.7 Å². The van der Waals surface area contributed by atoms with Crippen LogP contribution in [0.5, 0.6) is 5.75 Å². The number of benzene rings is 2. The number of nitrogens with one attached hydrogen (secondary N) is 2. The van der Waals surface area contributed by atoms with Crippen molar-refractivity contribution in [2.75, 3.05) is 32.1 Å². The lowest BCUT2D eigenvalue weighted by Crippen LogP contribution is -2.27. The van der Waals surface area contributed by atoms with E-state index in [-0.39, 0.29) is 22.1 Å². The van der Waals surface area contributed by atoms with E-state index < -0.39 is 10.0 Å². The highest BCUT2D eigenvalue weighted by Gasteiger charge is 2.23. The third-order valence-electron chi connectivity index (χ3n) is 4.17. The number of methoxy groups -OCH3 is 2. The van der Waals surface area contributed by atoms with Crippen LogP contribution in [0.15, 0.2) is 41.3 Å². The van der Waals surface area contributed by atoms with E-state index in [9.17, 15) is 13.2 Å². The van der Waals surface area contributed by atoms with E-state index in [0.29, 0.717) is 36.4 Å². The second kappa shape index (κ2) is 9.57. The smallest absolute Gasteiger partial charge is 0.262 e. The zero-order chi connectivity index (χ0) is 20.7. The highest BCUT2D eigenvalue weighted by molar-refractivity contribution is 7.92. The Hall–Kier alpha value is -2.58. The molecule has 0 unspecified atom stereocenters. The molecule has 2 rings (SSSR count). The van der Waals surface area contributed by atoms with Gasteiger partial charge in [-0.1, -0.05) is 12.1 Å². The summed E-state index contributed by atoms with van der Waals surface area (Å²) in [7, 11) is -0.768. The molecule has 1 amide bonds. The van der Waals surface area contributed by atoms with Gasteiger partial charge in [0.1, 0.15) is 5.75 Å². The Morgan fingerprint density at radius 3 is 2.32 bits per heavy atom. The van der Waals surface area contributed by atoms with Gasteiger partial charge in [0.2, 0.25) is 0 Å². The Kier molecular flexibility index (Phi) is 7.42. The average molecular weight is 407 g/mol. The van der Waals surface area contributed by atoms with E-state index in [2.05, 4.69) is 10.0 Å². The molecular formula is C20H26N2O5S. The number of rotatable bonds is 9. The first-order valence-electron chi connectivity index (χ1n) is 8.84. The monoisotopic (exact) mass is 406 g/mol. The maximum atomic E-state index is 13.0. The Morgan fingerprint density at radius 1 is 1.07 bits per heavy atom. The first-order valence-corrected chi connectivity index (χ1v) is 10.3. The maximum Gasteiger partial charge on any atom is 0.262 e. The summed E-state index contributed by atoms with van der Waals surface area (Å²) in [5.74, 6) is 0.238. The lowest BCUT2D eigenvalue weighted by Gasteiger charge is -2.16. The molecule has 28 heavy (non-hydrogen) atoms. The van der Waals surface area contributed by atoms with E-state index in [0.717, 1.165) is 0 Å². The van der Waals surface area contributed by atoms with E-state index in [1.807, 2.05) is 0 Å². The second-order valence-electron chi connectivity index (χ2n) is 6.34. The fraction of sp³-hybridized carbons (Fsp3) is 0.350. The Morgan fingerprint density at radius 2 is 1.71 bits per heavy atom. The topological polar surface area (TPSA) is 93.7 Å².